The summed E-state index contributed by atoms with van der Waals surface area (Å²) in [6.07, 6.45) is 2.48. The van der Waals surface area contributed by atoms with Gasteiger partial charge in [-0.2, -0.15) is 0 Å². The summed E-state index contributed by atoms with van der Waals surface area (Å²) >= 11 is 0. The molecule has 0 bridgehead atoms. The van der Waals surface area contributed by atoms with Gasteiger partial charge in [0.1, 0.15) is 0 Å². The van der Waals surface area contributed by atoms with Crippen LogP contribution in [0.4, 0.5) is 0 Å². The van der Waals surface area contributed by atoms with E-state index in [0.717, 1.165) is 19.4 Å². The normalized spacial score (nSPS) is 27.8. The molecular formula is C12H24N2O2. The smallest absolute Gasteiger partial charge is 0.236 e. The second-order valence-corrected chi connectivity index (χ2v) is 5.02. The topological polar surface area (TPSA) is 64.3 Å². The van der Waals surface area contributed by atoms with Gasteiger partial charge in [-0.25, -0.2) is 0 Å². The van der Waals surface area contributed by atoms with Crippen molar-refractivity contribution in [2.45, 2.75) is 45.8 Å². The van der Waals surface area contributed by atoms with Gasteiger partial charge in [0.25, 0.3) is 0 Å². The number of hydrogen-bond acceptors (Lipinski definition) is 3. The highest BCUT2D eigenvalue weighted by Crippen LogP contribution is 2.25. The van der Waals surface area contributed by atoms with E-state index in [1.165, 1.54) is 0 Å². The summed E-state index contributed by atoms with van der Waals surface area (Å²) in [5.41, 5.74) is 5.50. The standard InChI is InChI=1S/C12H24N2O2/c1-8(2)11-10(5-4-6-16-11)7-14-12(15)9(3)13/h8-11H,4-7,13H2,1-3H3,(H,14,15)/t9-,10?,11?/m1/s1. The highest BCUT2D eigenvalue weighted by molar-refractivity contribution is 5.80. The lowest BCUT2D eigenvalue weighted by molar-refractivity contribution is -0.123. The van der Waals surface area contributed by atoms with Gasteiger partial charge in [-0.1, -0.05) is 13.8 Å². The summed E-state index contributed by atoms with van der Waals surface area (Å²) in [7, 11) is 0. The molecule has 1 amide bonds. The number of amides is 1. The first-order chi connectivity index (χ1) is 7.52. The minimum Gasteiger partial charge on any atom is -0.378 e. The van der Waals surface area contributed by atoms with Gasteiger partial charge in [0, 0.05) is 19.1 Å². The maximum Gasteiger partial charge on any atom is 0.236 e. The minimum absolute atomic E-state index is 0.0759. The quantitative estimate of drug-likeness (QED) is 0.751. The van der Waals surface area contributed by atoms with Gasteiger partial charge in [0.05, 0.1) is 12.1 Å². The molecule has 16 heavy (non-hydrogen) atoms. The van der Waals surface area contributed by atoms with Crippen LogP contribution in [0.2, 0.25) is 0 Å². The average Bonchev–Trinajstić information content (AvgIpc) is 2.25. The lowest BCUT2D eigenvalue weighted by Gasteiger charge is -2.34. The third-order valence-electron chi connectivity index (χ3n) is 3.10. The van der Waals surface area contributed by atoms with Crippen molar-refractivity contribution in [3.8, 4) is 0 Å². The minimum atomic E-state index is -0.429. The van der Waals surface area contributed by atoms with Crippen LogP contribution in [0.25, 0.3) is 0 Å². The first-order valence-electron chi connectivity index (χ1n) is 6.17. The molecule has 1 saturated heterocycles. The van der Waals surface area contributed by atoms with E-state index in [1.807, 2.05) is 0 Å². The molecule has 0 radical (unpaired) electrons. The maximum atomic E-state index is 11.4. The van der Waals surface area contributed by atoms with E-state index in [1.54, 1.807) is 6.92 Å². The molecule has 1 fully saturated rings. The van der Waals surface area contributed by atoms with E-state index in [0.29, 0.717) is 18.4 Å². The second-order valence-electron chi connectivity index (χ2n) is 5.02. The SMILES string of the molecule is CC(C)C1OCCCC1CNC(=O)[C@@H](C)N. The summed E-state index contributed by atoms with van der Waals surface area (Å²) in [6.45, 7) is 7.56. The van der Waals surface area contributed by atoms with Crippen molar-refractivity contribution < 1.29 is 9.53 Å². The van der Waals surface area contributed by atoms with Crippen molar-refractivity contribution in [3.05, 3.63) is 0 Å². The fourth-order valence-corrected chi connectivity index (χ4v) is 2.21. The van der Waals surface area contributed by atoms with Crippen molar-refractivity contribution in [1.29, 1.82) is 0 Å². The Bertz CT molecular complexity index is 229. The van der Waals surface area contributed by atoms with Crippen LogP contribution >= 0.6 is 0 Å². The largest absolute Gasteiger partial charge is 0.378 e. The Morgan fingerprint density at radius 2 is 2.19 bits per heavy atom. The Hall–Kier alpha value is -0.610. The van der Waals surface area contributed by atoms with Gasteiger partial charge in [-0.15, -0.1) is 0 Å². The van der Waals surface area contributed by atoms with Crippen molar-refractivity contribution in [3.63, 3.8) is 0 Å². The van der Waals surface area contributed by atoms with Crippen LogP contribution in [0.3, 0.4) is 0 Å². The summed E-state index contributed by atoms with van der Waals surface area (Å²) < 4.78 is 5.76. The molecule has 0 saturated carbocycles. The molecule has 1 heterocycles. The van der Waals surface area contributed by atoms with Crippen molar-refractivity contribution in [1.82, 2.24) is 5.32 Å². The molecule has 1 aliphatic heterocycles. The second kappa shape index (κ2) is 6.21. The third-order valence-corrected chi connectivity index (χ3v) is 3.10. The highest BCUT2D eigenvalue weighted by atomic mass is 16.5. The lowest BCUT2D eigenvalue weighted by atomic mass is 9.87. The van der Waals surface area contributed by atoms with Crippen molar-refractivity contribution in [2.24, 2.45) is 17.6 Å². The van der Waals surface area contributed by atoms with Crippen molar-refractivity contribution in [2.75, 3.05) is 13.2 Å². The first-order valence-corrected chi connectivity index (χ1v) is 6.17. The summed E-state index contributed by atoms with van der Waals surface area (Å²) in [5, 5.41) is 2.89. The van der Waals surface area contributed by atoms with Gasteiger partial charge in [0.15, 0.2) is 0 Å². The molecule has 1 rings (SSSR count). The molecule has 4 heteroatoms. The molecular weight excluding hydrogens is 204 g/mol. The van der Waals surface area contributed by atoms with E-state index >= 15 is 0 Å². The molecule has 0 aromatic carbocycles. The maximum absolute atomic E-state index is 11.4. The van der Waals surface area contributed by atoms with Gasteiger partial charge >= 0.3 is 0 Å². The molecule has 0 spiro atoms. The number of nitrogens with two attached hydrogens (primary N) is 1. The highest BCUT2D eigenvalue weighted by Gasteiger charge is 2.28. The van der Waals surface area contributed by atoms with E-state index in [2.05, 4.69) is 19.2 Å². The van der Waals surface area contributed by atoms with Crippen molar-refractivity contribution >= 4 is 5.91 Å². The Morgan fingerprint density at radius 1 is 1.50 bits per heavy atom. The fraction of sp³-hybridized carbons (Fsp3) is 0.917. The first kappa shape index (κ1) is 13.5. The van der Waals surface area contributed by atoms with E-state index in [4.69, 9.17) is 10.5 Å². The van der Waals surface area contributed by atoms with Crippen LogP contribution < -0.4 is 11.1 Å². The van der Waals surface area contributed by atoms with Crippen LogP contribution in [-0.4, -0.2) is 31.2 Å². The zero-order valence-corrected chi connectivity index (χ0v) is 10.5. The number of hydrogen-bond donors (Lipinski definition) is 2. The van der Waals surface area contributed by atoms with Crippen LogP contribution in [0.15, 0.2) is 0 Å². The molecule has 0 aliphatic carbocycles. The lowest BCUT2D eigenvalue weighted by Crippen LogP contribution is -2.45. The van der Waals surface area contributed by atoms with E-state index in [-0.39, 0.29) is 12.0 Å². The number of nitrogens with one attached hydrogen (secondary N) is 1. The molecule has 3 atom stereocenters. The van der Waals surface area contributed by atoms with E-state index in [9.17, 15) is 4.79 Å². The van der Waals surface area contributed by atoms with Gasteiger partial charge in [-0.3, -0.25) is 4.79 Å². The van der Waals surface area contributed by atoms with Gasteiger partial charge in [0.2, 0.25) is 5.91 Å². The molecule has 2 unspecified atom stereocenters. The Labute approximate surface area is 97.9 Å². The van der Waals surface area contributed by atoms with Gasteiger partial charge in [-0.05, 0) is 25.7 Å². The Balaban J connectivity index is 2.41. The van der Waals surface area contributed by atoms with Crippen LogP contribution in [-0.2, 0) is 9.53 Å². The van der Waals surface area contributed by atoms with Gasteiger partial charge < -0.3 is 15.8 Å². The van der Waals surface area contributed by atoms with Crippen LogP contribution in [0, 0.1) is 11.8 Å². The molecule has 0 aromatic rings. The fourth-order valence-electron chi connectivity index (χ4n) is 2.21. The molecule has 94 valence electrons. The average molecular weight is 228 g/mol. The zero-order chi connectivity index (χ0) is 12.1. The third kappa shape index (κ3) is 3.76. The molecule has 0 aromatic heterocycles. The molecule has 1 aliphatic rings. The van der Waals surface area contributed by atoms with Crippen LogP contribution in [0.5, 0.6) is 0 Å². The monoisotopic (exact) mass is 228 g/mol. The summed E-state index contributed by atoms with van der Waals surface area (Å²) in [6, 6.07) is -0.429. The van der Waals surface area contributed by atoms with Crippen LogP contribution in [0.1, 0.15) is 33.6 Å². The Kier molecular flexibility index (Phi) is 5.22. The summed E-state index contributed by atoms with van der Waals surface area (Å²) in [4.78, 5) is 11.4. The Morgan fingerprint density at radius 3 is 2.75 bits per heavy atom. The predicted octanol–water partition coefficient (Wildman–Crippen LogP) is 0.901. The number of carbonyl (C=O) groups is 1. The number of rotatable bonds is 4. The molecule has 3 N–H and O–H groups in total. The predicted molar refractivity (Wildman–Crippen MR) is 64.0 cm³/mol. The number of carbonyl (C=O) groups excluding carboxylic acids is 1. The molecule has 4 nitrogen and oxygen atoms in total. The summed E-state index contributed by atoms with van der Waals surface area (Å²) in [5.74, 6) is 0.849. The van der Waals surface area contributed by atoms with E-state index < -0.39 is 6.04 Å². The number of ether oxygens (including phenoxy) is 1. The zero-order valence-electron chi connectivity index (χ0n) is 10.5.